The third kappa shape index (κ3) is 4.49. The predicted octanol–water partition coefficient (Wildman–Crippen LogP) is 1.17. The first-order valence-corrected chi connectivity index (χ1v) is 6.31. The van der Waals surface area contributed by atoms with E-state index >= 15 is 0 Å². The fourth-order valence-corrected chi connectivity index (χ4v) is 2.65. The number of benzene rings is 2. The van der Waals surface area contributed by atoms with Gasteiger partial charge in [-0.15, -0.1) is 0 Å². The number of hydrogen-bond acceptors (Lipinski definition) is 4. The van der Waals surface area contributed by atoms with Gasteiger partial charge in [0.05, 0.1) is 9.79 Å². The summed E-state index contributed by atoms with van der Waals surface area (Å²) in [6.45, 7) is 0. The Morgan fingerprint density at radius 3 is 1.16 bits per heavy atom. The van der Waals surface area contributed by atoms with Gasteiger partial charge < -0.3 is 10.2 Å². The molecule has 4 nitrogen and oxygen atoms in total. The monoisotopic (exact) mass is 296 g/mol. The Hall–Kier alpha value is -0.01000. The fourth-order valence-electron chi connectivity index (χ4n) is 1.39. The molecule has 0 saturated carbocycles. The van der Waals surface area contributed by atoms with Crippen LogP contribution in [-0.2, 0) is 9.84 Å². The van der Waals surface area contributed by atoms with Crippen LogP contribution in [0, 0.1) is 0 Å². The van der Waals surface area contributed by atoms with E-state index in [1.807, 2.05) is 0 Å². The van der Waals surface area contributed by atoms with E-state index in [1.54, 1.807) is 0 Å². The average Bonchev–Trinajstić information content (AvgIpc) is 2.30. The normalized spacial score (nSPS) is 10.1. The summed E-state index contributed by atoms with van der Waals surface area (Å²) in [5.74, 6) is 0.0179. The molecule has 0 unspecified atom stereocenters. The molecule has 0 heterocycles. The van der Waals surface area contributed by atoms with Gasteiger partial charge in [0.25, 0.3) is 0 Å². The molecule has 2 aromatic carbocycles. The third-order valence-electron chi connectivity index (χ3n) is 2.29. The quantitative estimate of drug-likeness (QED) is 0.816. The van der Waals surface area contributed by atoms with Gasteiger partial charge in [-0.25, -0.2) is 8.42 Å². The predicted molar refractivity (Wildman–Crippen MR) is 73.2 cm³/mol. The van der Waals surface area contributed by atoms with Crippen LogP contribution >= 0.6 is 0 Å². The van der Waals surface area contributed by atoms with Gasteiger partial charge in [-0.2, -0.15) is 0 Å². The number of rotatable bonds is 2. The van der Waals surface area contributed by atoms with Gasteiger partial charge >= 0.3 is 0 Å². The van der Waals surface area contributed by atoms with Crippen molar-refractivity contribution in [3.8, 4) is 11.5 Å². The number of hydrogen-bond donors (Lipinski definition) is 2. The standard InChI is InChI=1S/C12H10O4S.2Na/c13-9-1-5-11(6-2-9)17(15,16)12-7-3-10(14)4-8-12;;/h1-8,13-14H;;. The van der Waals surface area contributed by atoms with Crippen LogP contribution in [-0.4, -0.2) is 77.7 Å². The molecule has 0 saturated heterocycles. The van der Waals surface area contributed by atoms with Crippen LogP contribution in [0.5, 0.6) is 11.5 Å². The summed E-state index contributed by atoms with van der Waals surface area (Å²) < 4.78 is 24.2. The second kappa shape index (κ2) is 7.69. The van der Waals surface area contributed by atoms with Crippen LogP contribution in [0.4, 0.5) is 0 Å². The summed E-state index contributed by atoms with van der Waals surface area (Å²) in [6.07, 6.45) is 0. The summed E-state index contributed by atoms with van der Waals surface area (Å²) in [4.78, 5) is 0.196. The molecule has 0 aliphatic carbocycles. The van der Waals surface area contributed by atoms with Gasteiger partial charge in [0.1, 0.15) is 11.5 Å². The van der Waals surface area contributed by atoms with E-state index in [0.29, 0.717) is 0 Å². The number of phenols is 2. The molecule has 0 aromatic heterocycles. The maximum atomic E-state index is 12.1. The van der Waals surface area contributed by atoms with Crippen LogP contribution in [0.25, 0.3) is 0 Å². The van der Waals surface area contributed by atoms with E-state index < -0.39 is 9.84 Å². The minimum absolute atomic E-state index is 0. The Morgan fingerprint density at radius 1 is 0.632 bits per heavy atom. The minimum atomic E-state index is -3.59. The van der Waals surface area contributed by atoms with Gasteiger partial charge in [0, 0.05) is 59.1 Å². The van der Waals surface area contributed by atoms with E-state index in [1.165, 1.54) is 48.5 Å². The van der Waals surface area contributed by atoms with Crippen LogP contribution in [0.2, 0.25) is 0 Å². The largest absolute Gasteiger partial charge is 0.508 e. The van der Waals surface area contributed by atoms with E-state index in [9.17, 15) is 8.42 Å². The Labute approximate surface area is 156 Å². The topological polar surface area (TPSA) is 74.6 Å². The molecular weight excluding hydrogens is 286 g/mol. The summed E-state index contributed by atoms with van der Waals surface area (Å²) in [5, 5.41) is 18.2. The Balaban J connectivity index is 0.00000162. The molecule has 90 valence electrons. The summed E-state index contributed by atoms with van der Waals surface area (Å²) in [5.41, 5.74) is 0. The summed E-state index contributed by atoms with van der Waals surface area (Å²) in [7, 11) is -3.59. The molecule has 7 heteroatoms. The first-order valence-electron chi connectivity index (χ1n) is 4.83. The molecule has 0 bridgehead atoms. The first kappa shape index (κ1) is 19.0. The Bertz CT molecular complexity index is 570. The molecule has 2 radical (unpaired) electrons. The second-order valence-corrected chi connectivity index (χ2v) is 5.44. The van der Waals surface area contributed by atoms with Gasteiger partial charge in [0.15, 0.2) is 0 Å². The molecule has 0 spiro atoms. The third-order valence-corrected chi connectivity index (χ3v) is 4.08. The second-order valence-electron chi connectivity index (χ2n) is 3.49. The van der Waals surface area contributed by atoms with Crippen molar-refractivity contribution in [3.63, 3.8) is 0 Å². The van der Waals surface area contributed by atoms with Crippen molar-refractivity contribution in [2.75, 3.05) is 0 Å². The number of sulfone groups is 1. The van der Waals surface area contributed by atoms with Crippen molar-refractivity contribution in [2.24, 2.45) is 0 Å². The van der Waals surface area contributed by atoms with Crippen LogP contribution in [0.1, 0.15) is 0 Å². The van der Waals surface area contributed by atoms with Crippen molar-refractivity contribution < 1.29 is 18.6 Å². The molecule has 0 amide bonds. The van der Waals surface area contributed by atoms with Crippen molar-refractivity contribution in [3.05, 3.63) is 48.5 Å². The van der Waals surface area contributed by atoms with Gasteiger partial charge in [-0.3, -0.25) is 0 Å². The maximum Gasteiger partial charge on any atom is 0.206 e. The van der Waals surface area contributed by atoms with Crippen LogP contribution < -0.4 is 0 Å². The Kier molecular flexibility index (Phi) is 7.68. The van der Waals surface area contributed by atoms with Crippen molar-refractivity contribution in [1.82, 2.24) is 0 Å². The zero-order valence-electron chi connectivity index (χ0n) is 10.7. The summed E-state index contributed by atoms with van der Waals surface area (Å²) in [6, 6.07) is 10.6. The maximum absolute atomic E-state index is 12.1. The number of phenolic OH excluding ortho intramolecular Hbond substituents is 2. The van der Waals surface area contributed by atoms with Gasteiger partial charge in [-0.05, 0) is 48.5 Å². The Morgan fingerprint density at radius 2 is 0.895 bits per heavy atom. The van der Waals surface area contributed by atoms with Gasteiger partial charge in [0.2, 0.25) is 9.84 Å². The van der Waals surface area contributed by atoms with Crippen molar-refractivity contribution in [2.45, 2.75) is 9.79 Å². The molecular formula is C12H10Na2O4S. The molecule has 19 heavy (non-hydrogen) atoms. The van der Waals surface area contributed by atoms with E-state index in [0.717, 1.165) is 0 Å². The fraction of sp³-hybridized carbons (Fsp3) is 0. The molecule has 0 aliphatic rings. The molecule has 0 atom stereocenters. The van der Waals surface area contributed by atoms with Crippen molar-refractivity contribution in [1.29, 1.82) is 0 Å². The zero-order valence-corrected chi connectivity index (χ0v) is 15.6. The number of aromatic hydroxyl groups is 2. The van der Waals surface area contributed by atoms with Crippen LogP contribution in [0.15, 0.2) is 58.3 Å². The molecule has 2 aromatic rings. The van der Waals surface area contributed by atoms with Crippen LogP contribution in [0.3, 0.4) is 0 Å². The smallest absolute Gasteiger partial charge is 0.206 e. The molecule has 0 aliphatic heterocycles. The molecule has 2 rings (SSSR count). The van der Waals surface area contributed by atoms with Crippen molar-refractivity contribution >= 4 is 69.0 Å². The van der Waals surface area contributed by atoms with E-state index in [-0.39, 0.29) is 80.4 Å². The minimum Gasteiger partial charge on any atom is -0.508 e. The molecule has 0 fully saturated rings. The SMILES string of the molecule is O=S(=O)(c1ccc(O)cc1)c1ccc(O)cc1.[Na].[Na]. The van der Waals surface area contributed by atoms with E-state index in [2.05, 4.69) is 0 Å². The molecule has 2 N–H and O–H groups in total. The first-order chi connectivity index (χ1) is 8.00. The average molecular weight is 296 g/mol. The van der Waals surface area contributed by atoms with E-state index in [4.69, 9.17) is 10.2 Å². The summed E-state index contributed by atoms with van der Waals surface area (Å²) >= 11 is 0. The van der Waals surface area contributed by atoms with Gasteiger partial charge in [-0.1, -0.05) is 0 Å². The zero-order chi connectivity index (χ0) is 12.5.